The van der Waals surface area contributed by atoms with Gasteiger partial charge >= 0.3 is 0 Å². The quantitative estimate of drug-likeness (QED) is 0.687. The molecule has 0 radical (unpaired) electrons. The first kappa shape index (κ1) is 18.6. The van der Waals surface area contributed by atoms with Gasteiger partial charge in [-0.25, -0.2) is 0 Å². The maximum Gasteiger partial charge on any atom is 0.221 e. The lowest BCUT2D eigenvalue weighted by molar-refractivity contribution is -0.120. The Kier molecular flexibility index (Phi) is 7.14. The van der Waals surface area contributed by atoms with Crippen molar-refractivity contribution in [1.82, 2.24) is 5.32 Å². The van der Waals surface area contributed by atoms with Crippen LogP contribution in [-0.4, -0.2) is 32.7 Å². The average Bonchev–Trinajstić information content (AvgIpc) is 2.61. The van der Waals surface area contributed by atoms with E-state index < -0.39 is 0 Å². The maximum absolute atomic E-state index is 11.8. The minimum absolute atomic E-state index is 0.00981. The molecule has 5 nitrogen and oxygen atoms in total. The number of nitrogens with one attached hydrogen (secondary N) is 2. The molecule has 0 fully saturated rings. The molecule has 0 heterocycles. The fraction of sp³-hybridized carbons (Fsp3) is 0.350. The second kappa shape index (κ2) is 9.57. The zero-order chi connectivity index (χ0) is 18.1. The molecule has 2 aromatic rings. The van der Waals surface area contributed by atoms with Gasteiger partial charge in [-0.05, 0) is 49.7 Å². The molecule has 0 saturated heterocycles. The van der Waals surface area contributed by atoms with E-state index in [2.05, 4.69) is 36.6 Å². The van der Waals surface area contributed by atoms with Gasteiger partial charge in [-0.2, -0.15) is 0 Å². The number of aryl methyl sites for hydroxylation is 2. The normalized spacial score (nSPS) is 10.2. The molecule has 2 N–H and O–H groups in total. The minimum atomic E-state index is 0.00981. The summed E-state index contributed by atoms with van der Waals surface area (Å²) in [6, 6.07) is 13.6. The Labute approximate surface area is 149 Å². The van der Waals surface area contributed by atoms with E-state index in [0.717, 1.165) is 17.2 Å². The van der Waals surface area contributed by atoms with Crippen LogP contribution in [0.1, 0.15) is 17.5 Å². The molecule has 1 amide bonds. The van der Waals surface area contributed by atoms with Gasteiger partial charge in [0.15, 0.2) is 0 Å². The summed E-state index contributed by atoms with van der Waals surface area (Å²) in [7, 11) is 1.63. The highest BCUT2D eigenvalue weighted by Crippen LogP contribution is 2.17. The second-order valence-corrected chi connectivity index (χ2v) is 5.87. The number of methoxy groups -OCH3 is 1. The Morgan fingerprint density at radius 1 is 1.00 bits per heavy atom. The summed E-state index contributed by atoms with van der Waals surface area (Å²) in [5.74, 6) is 1.55. The molecule has 134 valence electrons. The van der Waals surface area contributed by atoms with Crippen LogP contribution in [0, 0.1) is 13.8 Å². The van der Waals surface area contributed by atoms with Crippen LogP contribution in [0.5, 0.6) is 11.5 Å². The lowest BCUT2D eigenvalue weighted by Crippen LogP contribution is -2.29. The lowest BCUT2D eigenvalue weighted by atomic mass is 10.1. The van der Waals surface area contributed by atoms with Crippen molar-refractivity contribution < 1.29 is 14.3 Å². The van der Waals surface area contributed by atoms with E-state index >= 15 is 0 Å². The SMILES string of the molecule is COc1ccc(OCCNC(=O)CCNc2ccc(C)cc2C)cc1. The van der Waals surface area contributed by atoms with E-state index in [4.69, 9.17) is 9.47 Å². The number of hydrogen-bond donors (Lipinski definition) is 2. The summed E-state index contributed by atoms with van der Waals surface area (Å²) in [4.78, 5) is 11.8. The maximum atomic E-state index is 11.8. The summed E-state index contributed by atoms with van der Waals surface area (Å²) >= 11 is 0. The molecule has 2 rings (SSSR count). The zero-order valence-electron chi connectivity index (χ0n) is 15.1. The highest BCUT2D eigenvalue weighted by molar-refractivity contribution is 5.76. The fourth-order valence-electron chi connectivity index (χ4n) is 2.44. The zero-order valence-corrected chi connectivity index (χ0v) is 15.1. The summed E-state index contributed by atoms with van der Waals surface area (Å²) < 4.78 is 10.7. The van der Waals surface area contributed by atoms with Crippen LogP contribution >= 0.6 is 0 Å². The molecule has 2 aromatic carbocycles. The third kappa shape index (κ3) is 6.37. The van der Waals surface area contributed by atoms with Crippen LogP contribution in [0.25, 0.3) is 0 Å². The van der Waals surface area contributed by atoms with E-state index in [0.29, 0.717) is 26.1 Å². The van der Waals surface area contributed by atoms with Crippen LogP contribution in [0.15, 0.2) is 42.5 Å². The van der Waals surface area contributed by atoms with Gasteiger partial charge in [0.1, 0.15) is 18.1 Å². The van der Waals surface area contributed by atoms with Crippen molar-refractivity contribution in [1.29, 1.82) is 0 Å². The van der Waals surface area contributed by atoms with Crippen molar-refractivity contribution in [3.63, 3.8) is 0 Å². The van der Waals surface area contributed by atoms with Crippen molar-refractivity contribution in [2.75, 3.05) is 32.1 Å². The first-order chi connectivity index (χ1) is 12.1. The minimum Gasteiger partial charge on any atom is -0.497 e. The predicted molar refractivity (Wildman–Crippen MR) is 101 cm³/mol. The van der Waals surface area contributed by atoms with Gasteiger partial charge in [0.05, 0.1) is 13.7 Å². The van der Waals surface area contributed by atoms with Crippen LogP contribution in [0.2, 0.25) is 0 Å². The van der Waals surface area contributed by atoms with Gasteiger partial charge in [0.2, 0.25) is 5.91 Å². The van der Waals surface area contributed by atoms with Gasteiger partial charge < -0.3 is 20.1 Å². The molecule has 0 aliphatic rings. The van der Waals surface area contributed by atoms with Gasteiger partial charge in [-0.3, -0.25) is 4.79 Å². The average molecular weight is 342 g/mol. The molecule has 0 bridgehead atoms. The highest BCUT2D eigenvalue weighted by Gasteiger charge is 2.03. The molecule has 5 heteroatoms. The summed E-state index contributed by atoms with van der Waals surface area (Å²) in [5, 5.41) is 6.15. The third-order valence-corrected chi connectivity index (χ3v) is 3.80. The molecule has 0 spiro atoms. The molecular weight excluding hydrogens is 316 g/mol. The van der Waals surface area contributed by atoms with Crippen LogP contribution in [0.3, 0.4) is 0 Å². The van der Waals surface area contributed by atoms with Gasteiger partial charge in [-0.1, -0.05) is 17.7 Å². The Balaban J connectivity index is 1.60. The van der Waals surface area contributed by atoms with Crippen LogP contribution < -0.4 is 20.1 Å². The molecule has 0 atom stereocenters. The van der Waals surface area contributed by atoms with Crippen molar-refractivity contribution in [3.8, 4) is 11.5 Å². The van der Waals surface area contributed by atoms with Crippen molar-refractivity contribution in [2.45, 2.75) is 20.3 Å². The molecule has 0 aromatic heterocycles. The van der Waals surface area contributed by atoms with E-state index in [1.165, 1.54) is 11.1 Å². The number of ether oxygens (including phenoxy) is 2. The molecule has 0 saturated carbocycles. The molecule has 25 heavy (non-hydrogen) atoms. The largest absolute Gasteiger partial charge is 0.497 e. The number of anilines is 1. The van der Waals surface area contributed by atoms with Gasteiger partial charge in [-0.15, -0.1) is 0 Å². The first-order valence-electron chi connectivity index (χ1n) is 8.43. The van der Waals surface area contributed by atoms with Crippen molar-refractivity contribution in [2.24, 2.45) is 0 Å². The molecular formula is C20H26N2O3. The number of carbonyl (C=O) groups is 1. The number of amides is 1. The van der Waals surface area contributed by atoms with Crippen molar-refractivity contribution in [3.05, 3.63) is 53.6 Å². The molecule has 0 aliphatic carbocycles. The molecule has 0 aliphatic heterocycles. The summed E-state index contributed by atoms with van der Waals surface area (Å²) in [6.07, 6.45) is 0.426. The number of hydrogen-bond acceptors (Lipinski definition) is 4. The monoisotopic (exact) mass is 342 g/mol. The standard InChI is InChI=1S/C20H26N2O3/c1-15-4-9-19(16(2)14-15)21-11-10-20(23)22-12-13-25-18-7-5-17(24-3)6-8-18/h4-9,14,21H,10-13H2,1-3H3,(H,22,23). The van der Waals surface area contributed by atoms with Gasteiger partial charge in [0, 0.05) is 18.7 Å². The van der Waals surface area contributed by atoms with Crippen LogP contribution in [-0.2, 0) is 4.79 Å². The van der Waals surface area contributed by atoms with Gasteiger partial charge in [0.25, 0.3) is 0 Å². The Morgan fingerprint density at radius 2 is 1.72 bits per heavy atom. The van der Waals surface area contributed by atoms with E-state index in [9.17, 15) is 4.79 Å². The van der Waals surface area contributed by atoms with Crippen molar-refractivity contribution >= 4 is 11.6 Å². The number of carbonyl (C=O) groups excluding carboxylic acids is 1. The highest BCUT2D eigenvalue weighted by atomic mass is 16.5. The van der Waals surface area contributed by atoms with E-state index in [1.807, 2.05) is 30.3 Å². The Bertz CT molecular complexity index is 684. The van der Waals surface area contributed by atoms with E-state index in [1.54, 1.807) is 7.11 Å². The Hall–Kier alpha value is -2.69. The Morgan fingerprint density at radius 3 is 2.40 bits per heavy atom. The van der Waals surface area contributed by atoms with E-state index in [-0.39, 0.29) is 5.91 Å². The second-order valence-electron chi connectivity index (χ2n) is 5.87. The number of benzene rings is 2. The fourth-order valence-corrected chi connectivity index (χ4v) is 2.44. The summed E-state index contributed by atoms with van der Waals surface area (Å²) in [6.45, 7) is 5.65. The number of rotatable bonds is 9. The molecule has 0 unspecified atom stereocenters. The van der Waals surface area contributed by atoms with Crippen LogP contribution in [0.4, 0.5) is 5.69 Å². The third-order valence-electron chi connectivity index (χ3n) is 3.80. The lowest BCUT2D eigenvalue weighted by Gasteiger charge is -2.11. The summed E-state index contributed by atoms with van der Waals surface area (Å²) in [5.41, 5.74) is 3.49. The smallest absolute Gasteiger partial charge is 0.221 e. The topological polar surface area (TPSA) is 59.6 Å². The predicted octanol–water partition coefficient (Wildman–Crippen LogP) is 3.31. The first-order valence-corrected chi connectivity index (χ1v) is 8.43.